The van der Waals surface area contributed by atoms with E-state index in [1.165, 1.54) is 11.3 Å². The van der Waals surface area contributed by atoms with E-state index in [4.69, 9.17) is 4.42 Å². The van der Waals surface area contributed by atoms with Crippen LogP contribution >= 0.6 is 22.7 Å². The predicted octanol–water partition coefficient (Wildman–Crippen LogP) is 4.65. The summed E-state index contributed by atoms with van der Waals surface area (Å²) in [6, 6.07) is 3.89. The number of hydrogen-bond acceptors (Lipinski definition) is 7. The summed E-state index contributed by atoms with van der Waals surface area (Å²) >= 11 is 3.00. The molecule has 6 nitrogen and oxygen atoms in total. The SMILES string of the molecule is CCC(CC)c1nnc(NC(=O)Cc2nc(-c3cccs3)oc2C)s1. The highest BCUT2D eigenvalue weighted by atomic mass is 32.1. The summed E-state index contributed by atoms with van der Waals surface area (Å²) < 4.78 is 5.67. The Morgan fingerprint density at radius 2 is 2.12 bits per heavy atom. The van der Waals surface area contributed by atoms with Crippen LogP contribution in [-0.2, 0) is 11.2 Å². The zero-order valence-corrected chi connectivity index (χ0v) is 16.0. The first-order valence-corrected chi connectivity index (χ1v) is 9.93. The maximum absolute atomic E-state index is 12.3. The summed E-state index contributed by atoms with van der Waals surface area (Å²) in [5.41, 5.74) is 0.644. The molecule has 3 heterocycles. The van der Waals surface area contributed by atoms with Crippen LogP contribution in [0.15, 0.2) is 21.9 Å². The van der Waals surface area contributed by atoms with E-state index in [1.54, 1.807) is 11.3 Å². The molecule has 0 fully saturated rings. The highest BCUT2D eigenvalue weighted by Gasteiger charge is 2.18. The second-order valence-electron chi connectivity index (χ2n) is 5.68. The summed E-state index contributed by atoms with van der Waals surface area (Å²) in [5.74, 6) is 1.45. The Balaban J connectivity index is 1.65. The van der Waals surface area contributed by atoms with Crippen molar-refractivity contribution in [2.24, 2.45) is 0 Å². The lowest BCUT2D eigenvalue weighted by Gasteiger charge is -2.05. The molecule has 0 saturated carbocycles. The fourth-order valence-corrected chi connectivity index (χ4v) is 4.18. The maximum Gasteiger partial charge on any atom is 0.236 e. The Bertz CT molecular complexity index is 835. The molecule has 25 heavy (non-hydrogen) atoms. The quantitative estimate of drug-likeness (QED) is 0.649. The molecule has 0 atom stereocenters. The molecule has 3 aromatic heterocycles. The van der Waals surface area contributed by atoms with E-state index >= 15 is 0 Å². The number of aryl methyl sites for hydroxylation is 1. The number of oxazole rings is 1. The van der Waals surface area contributed by atoms with Crippen LogP contribution in [0.5, 0.6) is 0 Å². The number of nitrogens with zero attached hydrogens (tertiary/aromatic N) is 3. The third-order valence-corrected chi connectivity index (χ3v) is 5.83. The molecule has 0 radical (unpaired) electrons. The van der Waals surface area contributed by atoms with Crippen LogP contribution in [0.4, 0.5) is 5.13 Å². The number of rotatable bonds is 7. The van der Waals surface area contributed by atoms with Gasteiger partial charge in [-0.25, -0.2) is 4.98 Å². The van der Waals surface area contributed by atoms with Crippen molar-refractivity contribution >= 4 is 33.7 Å². The van der Waals surface area contributed by atoms with Gasteiger partial charge in [-0.2, -0.15) is 0 Å². The van der Waals surface area contributed by atoms with E-state index in [1.807, 2.05) is 24.4 Å². The van der Waals surface area contributed by atoms with Crippen molar-refractivity contribution in [3.8, 4) is 10.8 Å². The van der Waals surface area contributed by atoms with E-state index in [9.17, 15) is 4.79 Å². The fraction of sp³-hybridized carbons (Fsp3) is 0.412. The molecule has 0 aromatic carbocycles. The van der Waals surface area contributed by atoms with Crippen molar-refractivity contribution in [1.29, 1.82) is 0 Å². The number of hydrogen-bond donors (Lipinski definition) is 1. The van der Waals surface area contributed by atoms with Gasteiger partial charge in [-0.15, -0.1) is 21.5 Å². The van der Waals surface area contributed by atoms with Crippen LogP contribution in [-0.4, -0.2) is 21.1 Å². The average molecular weight is 377 g/mol. The molecule has 0 spiro atoms. The topological polar surface area (TPSA) is 80.9 Å². The number of amides is 1. The summed E-state index contributed by atoms with van der Waals surface area (Å²) in [4.78, 5) is 17.7. The van der Waals surface area contributed by atoms with E-state index in [0.717, 1.165) is 22.7 Å². The summed E-state index contributed by atoms with van der Waals surface area (Å²) in [7, 11) is 0. The summed E-state index contributed by atoms with van der Waals surface area (Å²) in [6.07, 6.45) is 2.19. The van der Waals surface area contributed by atoms with E-state index in [2.05, 4.69) is 34.3 Å². The van der Waals surface area contributed by atoms with Gasteiger partial charge in [0.1, 0.15) is 10.8 Å². The Kier molecular flexibility index (Phi) is 5.60. The number of thiophene rings is 1. The minimum absolute atomic E-state index is 0.153. The maximum atomic E-state index is 12.3. The molecule has 0 unspecified atom stereocenters. The van der Waals surface area contributed by atoms with Crippen molar-refractivity contribution in [2.75, 3.05) is 5.32 Å². The lowest BCUT2D eigenvalue weighted by atomic mass is 10.1. The summed E-state index contributed by atoms with van der Waals surface area (Å²) in [5, 5.41) is 14.6. The molecule has 8 heteroatoms. The molecule has 1 amide bonds. The second kappa shape index (κ2) is 7.88. The third kappa shape index (κ3) is 4.13. The molecular weight excluding hydrogens is 356 g/mol. The standard InChI is InChI=1S/C17H20N4O2S2/c1-4-11(5-2)16-20-21-17(25-16)19-14(22)9-12-10(3)23-15(18-12)13-7-6-8-24-13/h6-8,11H,4-5,9H2,1-3H3,(H,19,21,22). The van der Waals surface area contributed by atoms with Gasteiger partial charge in [0.05, 0.1) is 17.0 Å². The largest absolute Gasteiger partial charge is 0.440 e. The Hall–Kier alpha value is -2.06. The molecule has 3 aromatic rings. The minimum atomic E-state index is -0.165. The van der Waals surface area contributed by atoms with Gasteiger partial charge in [0.25, 0.3) is 0 Å². The van der Waals surface area contributed by atoms with Crippen molar-refractivity contribution in [2.45, 2.75) is 46.0 Å². The highest BCUT2D eigenvalue weighted by molar-refractivity contribution is 7.15. The fourth-order valence-electron chi connectivity index (χ4n) is 2.50. The van der Waals surface area contributed by atoms with Gasteiger partial charge in [-0.1, -0.05) is 31.3 Å². The Morgan fingerprint density at radius 1 is 1.32 bits per heavy atom. The number of anilines is 1. The van der Waals surface area contributed by atoms with Crippen molar-refractivity contribution in [3.05, 3.63) is 34.0 Å². The number of carbonyl (C=O) groups excluding carboxylic acids is 1. The van der Waals surface area contributed by atoms with E-state index < -0.39 is 0 Å². The van der Waals surface area contributed by atoms with Gasteiger partial charge in [-0.3, -0.25) is 4.79 Å². The van der Waals surface area contributed by atoms with Crippen LogP contribution in [0.2, 0.25) is 0 Å². The zero-order chi connectivity index (χ0) is 17.8. The van der Waals surface area contributed by atoms with Gasteiger partial charge in [0, 0.05) is 5.92 Å². The Morgan fingerprint density at radius 3 is 2.80 bits per heavy atom. The van der Waals surface area contributed by atoms with Crippen molar-refractivity contribution < 1.29 is 9.21 Å². The first-order chi connectivity index (χ1) is 12.1. The molecule has 3 rings (SSSR count). The smallest absolute Gasteiger partial charge is 0.236 e. The Labute approximate surface area is 154 Å². The number of aromatic nitrogens is 3. The van der Waals surface area contributed by atoms with E-state index in [-0.39, 0.29) is 12.3 Å². The van der Waals surface area contributed by atoms with Crippen molar-refractivity contribution in [3.63, 3.8) is 0 Å². The average Bonchev–Trinajstić information content (AvgIpc) is 3.31. The van der Waals surface area contributed by atoms with Gasteiger partial charge in [-0.05, 0) is 31.2 Å². The van der Waals surface area contributed by atoms with Crippen LogP contribution in [0.25, 0.3) is 10.8 Å². The lowest BCUT2D eigenvalue weighted by molar-refractivity contribution is -0.115. The molecule has 0 aliphatic heterocycles. The van der Waals surface area contributed by atoms with Gasteiger partial charge in [0.15, 0.2) is 0 Å². The zero-order valence-electron chi connectivity index (χ0n) is 14.4. The van der Waals surface area contributed by atoms with E-state index in [0.29, 0.717) is 28.4 Å². The normalized spacial score (nSPS) is 11.2. The monoisotopic (exact) mass is 376 g/mol. The van der Waals surface area contributed by atoms with Gasteiger partial charge >= 0.3 is 0 Å². The molecule has 0 aliphatic carbocycles. The first-order valence-electron chi connectivity index (χ1n) is 8.24. The minimum Gasteiger partial charge on any atom is -0.440 e. The highest BCUT2D eigenvalue weighted by Crippen LogP contribution is 2.29. The van der Waals surface area contributed by atoms with Crippen LogP contribution in [0, 0.1) is 6.92 Å². The summed E-state index contributed by atoms with van der Waals surface area (Å²) in [6.45, 7) is 6.08. The number of nitrogens with one attached hydrogen (secondary N) is 1. The molecule has 0 aliphatic rings. The molecular formula is C17H20N4O2S2. The molecule has 132 valence electrons. The molecule has 1 N–H and O–H groups in total. The molecule has 0 bridgehead atoms. The van der Waals surface area contributed by atoms with Gasteiger partial charge in [0.2, 0.25) is 16.9 Å². The second-order valence-corrected chi connectivity index (χ2v) is 7.64. The molecule has 0 saturated heterocycles. The lowest BCUT2D eigenvalue weighted by Crippen LogP contribution is -2.15. The van der Waals surface area contributed by atoms with Crippen LogP contribution in [0.3, 0.4) is 0 Å². The predicted molar refractivity (Wildman–Crippen MR) is 100 cm³/mol. The van der Waals surface area contributed by atoms with Crippen LogP contribution in [0.1, 0.15) is 49.1 Å². The van der Waals surface area contributed by atoms with Crippen molar-refractivity contribution in [1.82, 2.24) is 15.2 Å². The van der Waals surface area contributed by atoms with Gasteiger partial charge < -0.3 is 9.73 Å². The number of carbonyl (C=O) groups is 1. The van der Waals surface area contributed by atoms with Crippen LogP contribution < -0.4 is 5.32 Å². The first kappa shape index (κ1) is 17.8. The third-order valence-electron chi connectivity index (χ3n) is 3.97.